The average Bonchev–Trinajstić information content (AvgIpc) is 2.91. The highest BCUT2D eigenvalue weighted by atomic mass is 79.9. The summed E-state index contributed by atoms with van der Waals surface area (Å²) >= 11 is 4.24. The third-order valence-electron chi connectivity index (χ3n) is 14.0. The van der Waals surface area contributed by atoms with Crippen molar-refractivity contribution < 1.29 is 14.3 Å². The van der Waals surface area contributed by atoms with Gasteiger partial charge in [-0.2, -0.15) is 0 Å². The van der Waals surface area contributed by atoms with E-state index >= 15 is 0 Å². The van der Waals surface area contributed by atoms with E-state index in [0.717, 1.165) is 63.4 Å². The van der Waals surface area contributed by atoms with Crippen LogP contribution >= 0.6 is 15.9 Å². The lowest BCUT2D eigenvalue weighted by atomic mass is 9.33. The predicted molar refractivity (Wildman–Crippen MR) is 168 cm³/mol. The van der Waals surface area contributed by atoms with Crippen LogP contribution in [0.3, 0.4) is 0 Å². The maximum atomic E-state index is 14.2. The number of fused-ring (bicyclic) bond motifs is 7. The van der Waals surface area contributed by atoms with Gasteiger partial charge in [0.05, 0.1) is 5.41 Å². The Hall–Kier alpha value is -1.42. The monoisotopic (exact) mass is 622 g/mol. The fourth-order valence-electron chi connectivity index (χ4n) is 11.3. The first-order valence-corrected chi connectivity index (χ1v) is 17.0. The Balaban J connectivity index is 1.40. The van der Waals surface area contributed by atoms with Crippen LogP contribution in [0.4, 0.5) is 0 Å². The zero-order chi connectivity index (χ0) is 29.6. The Morgan fingerprint density at radius 1 is 0.902 bits per heavy atom. The molecule has 4 saturated carbocycles. The molecule has 0 amide bonds. The second kappa shape index (κ2) is 9.54. The number of ketones is 1. The molecule has 5 aliphatic rings. The first kappa shape index (κ1) is 29.6. The lowest BCUT2D eigenvalue weighted by Gasteiger charge is -2.71. The maximum Gasteiger partial charge on any atom is 0.313 e. The molecule has 7 atom stereocenters. The van der Waals surface area contributed by atoms with E-state index in [0.29, 0.717) is 30.6 Å². The Morgan fingerprint density at radius 2 is 1.59 bits per heavy atom. The standard InChI is InChI=1S/C37H51BrO3/c1-32(2)17-19-37(31(40)41-23-24-11-9-8-10-12-24)20-18-36(7)30(25(37)22-32)26(38)21-28-34(5)15-14-29(39)33(3,4)27(34)13-16-35(28,36)6/h8-12,25,27-28H,13-23H2,1-7H3/t25?,27?,28?,34-,35+,36+,37-/m0/s1. The van der Waals surface area contributed by atoms with Gasteiger partial charge in [0.25, 0.3) is 0 Å². The highest BCUT2D eigenvalue weighted by Gasteiger charge is 2.70. The van der Waals surface area contributed by atoms with Crippen molar-refractivity contribution in [3.05, 3.63) is 46.0 Å². The summed E-state index contributed by atoms with van der Waals surface area (Å²) in [5, 5.41) is 0. The fraction of sp³-hybridized carbons (Fsp3) is 0.730. The van der Waals surface area contributed by atoms with E-state index in [1.54, 1.807) is 5.57 Å². The van der Waals surface area contributed by atoms with Crippen LogP contribution in [0.25, 0.3) is 0 Å². The van der Waals surface area contributed by atoms with E-state index in [4.69, 9.17) is 4.74 Å². The zero-order valence-corrected chi connectivity index (χ0v) is 28.1. The van der Waals surface area contributed by atoms with Crippen molar-refractivity contribution >= 4 is 27.7 Å². The van der Waals surface area contributed by atoms with Crippen LogP contribution in [-0.2, 0) is 20.9 Å². The molecule has 6 rings (SSSR count). The van der Waals surface area contributed by atoms with Crippen molar-refractivity contribution in [1.82, 2.24) is 0 Å². The summed E-state index contributed by atoms with van der Waals surface area (Å²) in [6, 6.07) is 10.1. The van der Waals surface area contributed by atoms with Crippen LogP contribution in [0.5, 0.6) is 0 Å². The third-order valence-corrected chi connectivity index (χ3v) is 14.8. The molecule has 0 heterocycles. The third kappa shape index (κ3) is 4.15. The van der Waals surface area contributed by atoms with E-state index in [9.17, 15) is 9.59 Å². The second-order valence-corrected chi connectivity index (χ2v) is 17.7. The molecule has 1 aromatic carbocycles. The molecule has 5 aliphatic carbocycles. The Labute approximate surface area is 256 Å². The highest BCUT2D eigenvalue weighted by Crippen LogP contribution is 2.77. The molecule has 1 aromatic rings. The van der Waals surface area contributed by atoms with Crippen LogP contribution < -0.4 is 0 Å². The molecule has 0 aromatic heterocycles. The summed E-state index contributed by atoms with van der Waals surface area (Å²) in [7, 11) is 0. The van der Waals surface area contributed by atoms with Gasteiger partial charge in [-0.15, -0.1) is 0 Å². The van der Waals surface area contributed by atoms with Gasteiger partial charge in [-0.1, -0.05) is 94.7 Å². The van der Waals surface area contributed by atoms with Gasteiger partial charge < -0.3 is 4.74 Å². The molecule has 0 radical (unpaired) electrons. The van der Waals surface area contributed by atoms with Gasteiger partial charge in [0.15, 0.2) is 0 Å². The molecule has 0 saturated heterocycles. The maximum absolute atomic E-state index is 14.2. The second-order valence-electron chi connectivity index (χ2n) is 16.7. The number of carbonyl (C=O) groups is 2. The minimum atomic E-state index is -0.443. The average molecular weight is 624 g/mol. The zero-order valence-electron chi connectivity index (χ0n) is 26.5. The summed E-state index contributed by atoms with van der Waals surface area (Å²) in [6.45, 7) is 17.3. The van der Waals surface area contributed by atoms with Crippen molar-refractivity contribution in [2.24, 2.45) is 50.2 Å². The van der Waals surface area contributed by atoms with Gasteiger partial charge in [0, 0.05) is 11.8 Å². The number of carbonyl (C=O) groups excluding carboxylic acids is 2. The Bertz CT molecular complexity index is 1280. The van der Waals surface area contributed by atoms with Gasteiger partial charge in [-0.25, -0.2) is 0 Å². The summed E-state index contributed by atoms with van der Waals surface area (Å²) in [5.74, 6) is 1.65. The van der Waals surface area contributed by atoms with E-state index in [-0.39, 0.29) is 39.0 Å². The van der Waals surface area contributed by atoms with Gasteiger partial charge >= 0.3 is 5.97 Å². The summed E-state index contributed by atoms with van der Waals surface area (Å²) in [4.78, 5) is 27.3. The largest absolute Gasteiger partial charge is 0.460 e. The normalized spacial score (nSPS) is 42.8. The topological polar surface area (TPSA) is 43.4 Å². The molecule has 0 N–H and O–H groups in total. The van der Waals surface area contributed by atoms with Crippen LogP contribution in [0, 0.1) is 50.2 Å². The van der Waals surface area contributed by atoms with Crippen molar-refractivity contribution in [3.63, 3.8) is 0 Å². The van der Waals surface area contributed by atoms with E-state index in [1.165, 1.54) is 4.48 Å². The smallest absolute Gasteiger partial charge is 0.313 e. The van der Waals surface area contributed by atoms with Gasteiger partial charge in [-0.3, -0.25) is 9.59 Å². The Kier molecular flexibility index (Phi) is 6.90. The molecule has 224 valence electrons. The molecular formula is C37H51BrO3. The molecule has 0 spiro atoms. The van der Waals surface area contributed by atoms with Crippen LogP contribution in [0.15, 0.2) is 40.4 Å². The van der Waals surface area contributed by atoms with Gasteiger partial charge in [0.1, 0.15) is 12.4 Å². The molecule has 3 unspecified atom stereocenters. The number of allylic oxidation sites excluding steroid dienone is 2. The molecule has 4 heteroatoms. The highest BCUT2D eigenvalue weighted by molar-refractivity contribution is 9.11. The van der Waals surface area contributed by atoms with E-state index in [1.807, 2.05) is 30.3 Å². The molecular weight excluding hydrogens is 572 g/mol. The molecule has 0 bridgehead atoms. The van der Waals surface area contributed by atoms with Crippen LogP contribution in [-0.4, -0.2) is 11.8 Å². The molecule has 41 heavy (non-hydrogen) atoms. The number of Topliss-reactive ketones (excluding diaryl/α,β-unsaturated/α-hetero) is 1. The SMILES string of the molecule is CC1(C)CC[C@]2(C(=O)OCc3ccccc3)CC[C@]3(C)C(=C(Br)CC4[C@@]5(C)CCC(=O)C(C)(C)C5CC[C@]43C)C2C1. The number of esters is 1. The fourth-order valence-corrected chi connectivity index (χ4v) is 12.3. The molecule has 3 nitrogen and oxygen atoms in total. The van der Waals surface area contributed by atoms with Crippen molar-refractivity contribution in [2.45, 2.75) is 119 Å². The quantitative estimate of drug-likeness (QED) is 0.315. The van der Waals surface area contributed by atoms with Crippen molar-refractivity contribution in [2.75, 3.05) is 0 Å². The number of halogens is 1. The summed E-state index contributed by atoms with van der Waals surface area (Å²) in [5.41, 5.74) is 2.41. The first-order chi connectivity index (χ1) is 19.1. The van der Waals surface area contributed by atoms with Gasteiger partial charge in [-0.05, 0) is 113 Å². The first-order valence-electron chi connectivity index (χ1n) is 16.2. The number of benzene rings is 1. The van der Waals surface area contributed by atoms with E-state index < -0.39 is 5.41 Å². The van der Waals surface area contributed by atoms with Gasteiger partial charge in [0.2, 0.25) is 0 Å². The lowest BCUT2D eigenvalue weighted by Crippen LogP contribution is -2.65. The minimum absolute atomic E-state index is 0.0205. The van der Waals surface area contributed by atoms with Crippen molar-refractivity contribution in [1.29, 1.82) is 0 Å². The van der Waals surface area contributed by atoms with Crippen LogP contribution in [0.2, 0.25) is 0 Å². The number of rotatable bonds is 3. The molecule has 0 aliphatic heterocycles. The number of hydrogen-bond acceptors (Lipinski definition) is 3. The minimum Gasteiger partial charge on any atom is -0.460 e. The summed E-state index contributed by atoms with van der Waals surface area (Å²) < 4.78 is 7.55. The number of hydrogen-bond donors (Lipinski definition) is 0. The van der Waals surface area contributed by atoms with Crippen LogP contribution in [0.1, 0.15) is 118 Å². The predicted octanol–water partition coefficient (Wildman–Crippen LogP) is 9.82. The Morgan fingerprint density at radius 3 is 2.29 bits per heavy atom. The lowest BCUT2D eigenvalue weighted by molar-refractivity contribution is -0.192. The molecule has 4 fully saturated rings. The van der Waals surface area contributed by atoms with Crippen molar-refractivity contribution in [3.8, 4) is 0 Å². The summed E-state index contributed by atoms with van der Waals surface area (Å²) in [6.07, 6.45) is 10.0. The van der Waals surface area contributed by atoms with E-state index in [2.05, 4.69) is 64.4 Å². The number of ether oxygens (including phenoxy) is 1.